The van der Waals surface area contributed by atoms with Gasteiger partial charge >= 0.3 is 5.69 Å². The number of hydrogen-bond donors (Lipinski definition) is 1. The Morgan fingerprint density at radius 3 is 2.67 bits per heavy atom. The molecule has 0 bridgehead atoms. The molecule has 8 heteroatoms. The maximum absolute atomic E-state index is 12.2. The molecule has 4 rings (SSSR count). The van der Waals surface area contributed by atoms with Crippen molar-refractivity contribution in [2.24, 2.45) is 0 Å². The van der Waals surface area contributed by atoms with Gasteiger partial charge in [0.15, 0.2) is 23.9 Å². The minimum Gasteiger partial charge on any atom is -0.340 e. The maximum atomic E-state index is 12.2. The smallest absolute Gasteiger partial charge is 0.330 e. The van der Waals surface area contributed by atoms with Crippen LogP contribution in [0.5, 0.6) is 0 Å². The molecular weight excluding hydrogens is 316 g/mol. The van der Waals surface area contributed by atoms with Gasteiger partial charge in [0.1, 0.15) is 12.2 Å². The van der Waals surface area contributed by atoms with Gasteiger partial charge in [0.25, 0.3) is 5.56 Å². The molecule has 0 unspecified atom stereocenters. The van der Waals surface area contributed by atoms with E-state index >= 15 is 0 Å². The van der Waals surface area contributed by atoms with Gasteiger partial charge in [-0.25, -0.2) is 4.79 Å². The average molecular weight is 336 g/mol. The molecule has 0 aromatic carbocycles. The highest BCUT2D eigenvalue weighted by molar-refractivity contribution is 5.65. The Labute approximate surface area is 137 Å². The first-order chi connectivity index (χ1) is 11.5. The Hall–Kier alpha value is -1.77. The zero-order valence-corrected chi connectivity index (χ0v) is 13.4. The summed E-state index contributed by atoms with van der Waals surface area (Å²) in [5.41, 5.74) is -2.24. The van der Waals surface area contributed by atoms with Crippen LogP contribution in [0.1, 0.15) is 45.3 Å². The number of ether oxygens (including phenoxy) is 3. The standard InChI is InChI=1S/C16H20N2O6/c1-2-15(9-19)12-11(22-16(23-12)6-3-4-7-16)13(24-15)18-8-5-10(20)17-14(18)21/h5,8-9,11-13H,2-4,6-7H2,1H3,(H,17,20,21)/t11-,12+,13-,15+/m1/s1. The van der Waals surface area contributed by atoms with Gasteiger partial charge < -0.3 is 19.0 Å². The van der Waals surface area contributed by atoms with Crippen molar-refractivity contribution in [1.29, 1.82) is 0 Å². The third-order valence-corrected chi connectivity index (χ3v) is 5.34. The summed E-state index contributed by atoms with van der Waals surface area (Å²) < 4.78 is 19.6. The van der Waals surface area contributed by atoms with Gasteiger partial charge in [0, 0.05) is 25.1 Å². The van der Waals surface area contributed by atoms with E-state index in [-0.39, 0.29) is 0 Å². The third-order valence-electron chi connectivity index (χ3n) is 5.34. The first-order valence-corrected chi connectivity index (χ1v) is 8.34. The summed E-state index contributed by atoms with van der Waals surface area (Å²) in [6.07, 6.45) is 4.11. The van der Waals surface area contributed by atoms with E-state index in [1.54, 1.807) is 0 Å². The van der Waals surface area contributed by atoms with Crippen molar-refractivity contribution in [2.75, 3.05) is 0 Å². The van der Waals surface area contributed by atoms with Gasteiger partial charge in [-0.3, -0.25) is 14.3 Å². The molecule has 3 aliphatic rings. The summed E-state index contributed by atoms with van der Waals surface area (Å²) in [7, 11) is 0. The number of fused-ring (bicyclic) bond motifs is 1. The Morgan fingerprint density at radius 1 is 1.29 bits per heavy atom. The quantitative estimate of drug-likeness (QED) is 0.806. The molecule has 2 saturated heterocycles. The number of carbonyl (C=O) groups excluding carboxylic acids is 1. The van der Waals surface area contributed by atoms with E-state index in [2.05, 4.69) is 4.98 Å². The molecule has 1 saturated carbocycles. The summed E-state index contributed by atoms with van der Waals surface area (Å²) >= 11 is 0. The molecule has 1 spiro atoms. The van der Waals surface area contributed by atoms with E-state index in [1.165, 1.54) is 16.8 Å². The van der Waals surface area contributed by atoms with Crippen LogP contribution in [-0.4, -0.2) is 39.4 Å². The predicted molar refractivity (Wildman–Crippen MR) is 81.5 cm³/mol. The third kappa shape index (κ3) is 2.13. The van der Waals surface area contributed by atoms with Crippen LogP contribution in [0.25, 0.3) is 0 Å². The van der Waals surface area contributed by atoms with E-state index in [9.17, 15) is 14.4 Å². The number of hydrogen-bond acceptors (Lipinski definition) is 6. The second kappa shape index (κ2) is 5.37. The van der Waals surface area contributed by atoms with Crippen LogP contribution >= 0.6 is 0 Å². The number of aromatic nitrogens is 2. The maximum Gasteiger partial charge on any atom is 0.330 e. The van der Waals surface area contributed by atoms with E-state index < -0.39 is 41.1 Å². The van der Waals surface area contributed by atoms with Crippen molar-refractivity contribution in [3.63, 3.8) is 0 Å². The Bertz CT molecular complexity index is 764. The number of carbonyl (C=O) groups is 1. The van der Waals surface area contributed by atoms with Crippen molar-refractivity contribution in [2.45, 2.75) is 68.9 Å². The summed E-state index contributed by atoms with van der Waals surface area (Å²) in [6.45, 7) is 1.84. The van der Waals surface area contributed by atoms with Crippen molar-refractivity contribution in [1.82, 2.24) is 9.55 Å². The zero-order valence-electron chi connectivity index (χ0n) is 13.4. The molecule has 1 aromatic heterocycles. The lowest BCUT2D eigenvalue weighted by atomic mass is 9.94. The number of nitrogens with zero attached hydrogens (tertiary/aromatic N) is 1. The summed E-state index contributed by atoms with van der Waals surface area (Å²) in [5, 5.41) is 0. The van der Waals surface area contributed by atoms with Gasteiger partial charge in [0.05, 0.1) is 0 Å². The lowest BCUT2D eigenvalue weighted by molar-refractivity contribution is -0.228. The molecule has 130 valence electrons. The Balaban J connectivity index is 1.77. The second-order valence-electron chi connectivity index (χ2n) is 6.69. The van der Waals surface area contributed by atoms with Crippen LogP contribution < -0.4 is 11.2 Å². The molecule has 0 amide bonds. The van der Waals surface area contributed by atoms with Crippen LogP contribution in [0.2, 0.25) is 0 Å². The molecule has 1 aromatic rings. The van der Waals surface area contributed by atoms with Crippen molar-refractivity contribution in [3.05, 3.63) is 33.1 Å². The van der Waals surface area contributed by atoms with Gasteiger partial charge in [-0.15, -0.1) is 0 Å². The largest absolute Gasteiger partial charge is 0.340 e. The predicted octanol–water partition coefficient (Wildman–Crippen LogP) is 0.467. The lowest BCUT2D eigenvalue weighted by Crippen LogP contribution is -2.44. The number of aromatic amines is 1. The van der Waals surface area contributed by atoms with Crippen LogP contribution in [0.4, 0.5) is 0 Å². The van der Waals surface area contributed by atoms with Crippen molar-refractivity contribution >= 4 is 6.29 Å². The van der Waals surface area contributed by atoms with E-state index in [0.717, 1.165) is 32.0 Å². The fourth-order valence-electron chi connectivity index (χ4n) is 4.04. The Morgan fingerprint density at radius 2 is 2.04 bits per heavy atom. The highest BCUT2D eigenvalue weighted by Gasteiger charge is 2.65. The summed E-state index contributed by atoms with van der Waals surface area (Å²) in [6, 6.07) is 1.24. The fourth-order valence-corrected chi connectivity index (χ4v) is 4.04. The molecule has 1 aliphatic carbocycles. The van der Waals surface area contributed by atoms with Gasteiger partial charge in [-0.2, -0.15) is 0 Å². The van der Waals surface area contributed by atoms with Gasteiger partial charge in [-0.05, 0) is 19.3 Å². The SMILES string of the molecule is CC[C@@]1(C=O)O[C@@H](n2ccc(=O)[nH]c2=O)[C@@H]2OC3(CCCC3)O[C@@H]21. The number of nitrogens with one attached hydrogen (secondary N) is 1. The highest BCUT2D eigenvalue weighted by Crippen LogP contribution is 2.52. The van der Waals surface area contributed by atoms with Gasteiger partial charge in [-0.1, -0.05) is 6.92 Å². The molecule has 24 heavy (non-hydrogen) atoms. The number of aldehydes is 1. The molecule has 8 nitrogen and oxygen atoms in total. The van der Waals surface area contributed by atoms with E-state index in [1.807, 2.05) is 6.92 Å². The minimum absolute atomic E-state index is 0.408. The molecule has 2 aliphatic heterocycles. The topological polar surface area (TPSA) is 99.6 Å². The number of rotatable bonds is 3. The first kappa shape index (κ1) is 15.7. The number of H-pyrrole nitrogens is 1. The lowest BCUT2D eigenvalue weighted by Gasteiger charge is -2.31. The average Bonchev–Trinajstić information content (AvgIpc) is 3.24. The van der Waals surface area contributed by atoms with Crippen LogP contribution in [0.15, 0.2) is 21.9 Å². The molecule has 1 N–H and O–H groups in total. The van der Waals surface area contributed by atoms with Crippen LogP contribution in [-0.2, 0) is 19.0 Å². The van der Waals surface area contributed by atoms with E-state index in [0.29, 0.717) is 6.42 Å². The highest BCUT2D eigenvalue weighted by atomic mass is 16.8. The molecule has 3 heterocycles. The fraction of sp³-hybridized carbons (Fsp3) is 0.688. The molecular formula is C16H20N2O6. The van der Waals surface area contributed by atoms with E-state index in [4.69, 9.17) is 14.2 Å². The molecule has 4 atom stereocenters. The first-order valence-electron chi connectivity index (χ1n) is 8.34. The van der Waals surface area contributed by atoms with Crippen molar-refractivity contribution < 1.29 is 19.0 Å². The Kier molecular flexibility index (Phi) is 3.52. The van der Waals surface area contributed by atoms with Crippen LogP contribution in [0.3, 0.4) is 0 Å². The van der Waals surface area contributed by atoms with Gasteiger partial charge in [0.2, 0.25) is 0 Å². The van der Waals surface area contributed by atoms with Crippen molar-refractivity contribution in [3.8, 4) is 0 Å². The second-order valence-corrected chi connectivity index (χ2v) is 6.69. The normalized spacial score (nSPS) is 37.0. The minimum atomic E-state index is -1.16. The zero-order chi connectivity index (χ0) is 16.9. The summed E-state index contributed by atoms with van der Waals surface area (Å²) in [4.78, 5) is 37.5. The summed E-state index contributed by atoms with van der Waals surface area (Å²) in [5.74, 6) is -0.688. The van der Waals surface area contributed by atoms with Crippen LogP contribution in [0, 0.1) is 0 Å². The molecule has 3 fully saturated rings. The monoisotopic (exact) mass is 336 g/mol. The molecule has 0 radical (unpaired) electrons.